The quantitative estimate of drug-likeness (QED) is 0.491. The van der Waals surface area contributed by atoms with Crippen LogP contribution in [0.4, 0.5) is 0 Å². The minimum Gasteiger partial charge on any atom is -0.422 e. The fourth-order valence-corrected chi connectivity index (χ4v) is 3.80. The molecule has 5 heteroatoms. The van der Waals surface area contributed by atoms with E-state index >= 15 is 0 Å². The molecule has 1 amide bonds. The van der Waals surface area contributed by atoms with Crippen LogP contribution in [-0.4, -0.2) is 22.3 Å². The number of benzene rings is 2. The van der Waals surface area contributed by atoms with Gasteiger partial charge in [0.2, 0.25) is 0 Å². The SMILES string of the molecule is O=C(c1cccc(-c2cc3ccccc3oc2=O)c1)N1CCc2ncccc2C1. The molecule has 0 atom stereocenters. The van der Waals surface area contributed by atoms with Gasteiger partial charge >= 0.3 is 5.63 Å². The molecule has 3 heterocycles. The molecule has 0 fully saturated rings. The Morgan fingerprint density at radius 3 is 2.83 bits per heavy atom. The lowest BCUT2D eigenvalue weighted by molar-refractivity contribution is 0.0733. The van der Waals surface area contributed by atoms with Gasteiger partial charge in [0.05, 0.1) is 5.56 Å². The third-order valence-corrected chi connectivity index (χ3v) is 5.31. The number of carbonyl (C=O) groups excluding carboxylic acids is 1. The van der Waals surface area contributed by atoms with Crippen molar-refractivity contribution in [3.05, 3.63) is 100 Å². The fraction of sp³-hybridized carbons (Fsp3) is 0.125. The molecule has 0 bridgehead atoms. The second kappa shape index (κ2) is 7.02. The van der Waals surface area contributed by atoms with E-state index in [1.54, 1.807) is 30.5 Å². The van der Waals surface area contributed by atoms with Crippen LogP contribution in [0.25, 0.3) is 22.1 Å². The Labute approximate surface area is 167 Å². The van der Waals surface area contributed by atoms with Gasteiger partial charge in [0, 0.05) is 42.4 Å². The average Bonchev–Trinajstić information content (AvgIpc) is 2.78. The van der Waals surface area contributed by atoms with Gasteiger partial charge in [-0.05, 0) is 41.5 Å². The Bertz CT molecular complexity index is 1290. The monoisotopic (exact) mass is 382 g/mol. The zero-order chi connectivity index (χ0) is 19.8. The molecule has 142 valence electrons. The topological polar surface area (TPSA) is 63.4 Å². The molecule has 5 rings (SSSR count). The van der Waals surface area contributed by atoms with Crippen LogP contribution in [0.1, 0.15) is 21.6 Å². The van der Waals surface area contributed by atoms with Crippen LogP contribution in [0, 0.1) is 0 Å². The summed E-state index contributed by atoms with van der Waals surface area (Å²) in [5.74, 6) is -0.0495. The summed E-state index contributed by atoms with van der Waals surface area (Å²) in [6.45, 7) is 1.18. The smallest absolute Gasteiger partial charge is 0.344 e. The first-order valence-electron chi connectivity index (χ1n) is 9.54. The fourth-order valence-electron chi connectivity index (χ4n) is 3.80. The number of nitrogens with zero attached hydrogens (tertiary/aromatic N) is 2. The molecule has 0 N–H and O–H groups in total. The molecule has 1 aliphatic rings. The van der Waals surface area contributed by atoms with E-state index in [1.165, 1.54) is 0 Å². The third-order valence-electron chi connectivity index (χ3n) is 5.31. The van der Waals surface area contributed by atoms with E-state index in [9.17, 15) is 9.59 Å². The highest BCUT2D eigenvalue weighted by atomic mass is 16.4. The van der Waals surface area contributed by atoms with Gasteiger partial charge in [0.25, 0.3) is 5.91 Å². The van der Waals surface area contributed by atoms with Crippen LogP contribution in [-0.2, 0) is 13.0 Å². The predicted molar refractivity (Wildman–Crippen MR) is 111 cm³/mol. The second-order valence-electron chi connectivity index (χ2n) is 7.15. The molecule has 0 unspecified atom stereocenters. The summed E-state index contributed by atoms with van der Waals surface area (Å²) in [5, 5.41) is 0.846. The van der Waals surface area contributed by atoms with Crippen LogP contribution in [0.5, 0.6) is 0 Å². The maximum absolute atomic E-state index is 13.1. The molecule has 0 spiro atoms. The lowest BCUT2D eigenvalue weighted by atomic mass is 10.0. The summed E-state index contributed by atoms with van der Waals surface area (Å²) in [7, 11) is 0. The molecule has 5 nitrogen and oxygen atoms in total. The number of amides is 1. The van der Waals surface area contributed by atoms with Crippen molar-refractivity contribution >= 4 is 16.9 Å². The summed E-state index contributed by atoms with van der Waals surface area (Å²) in [6.07, 6.45) is 2.53. The number of para-hydroxylation sites is 1. The zero-order valence-electron chi connectivity index (χ0n) is 15.7. The van der Waals surface area contributed by atoms with E-state index in [0.717, 1.165) is 23.1 Å². The first-order chi connectivity index (χ1) is 14.2. The summed E-state index contributed by atoms with van der Waals surface area (Å²) in [5.41, 5.74) is 3.96. The molecule has 4 aromatic rings. The van der Waals surface area contributed by atoms with Gasteiger partial charge in [-0.1, -0.05) is 36.4 Å². The van der Waals surface area contributed by atoms with Crippen LogP contribution in [0.2, 0.25) is 0 Å². The van der Waals surface area contributed by atoms with E-state index in [4.69, 9.17) is 4.42 Å². The molecular weight excluding hydrogens is 364 g/mol. The van der Waals surface area contributed by atoms with Gasteiger partial charge in [-0.15, -0.1) is 0 Å². The Morgan fingerprint density at radius 1 is 1.00 bits per heavy atom. The van der Waals surface area contributed by atoms with Crippen molar-refractivity contribution in [3.63, 3.8) is 0 Å². The van der Waals surface area contributed by atoms with Crippen molar-refractivity contribution in [1.29, 1.82) is 0 Å². The maximum atomic E-state index is 13.1. The van der Waals surface area contributed by atoms with Crippen molar-refractivity contribution in [1.82, 2.24) is 9.88 Å². The van der Waals surface area contributed by atoms with E-state index in [0.29, 0.717) is 35.4 Å². The molecule has 2 aromatic heterocycles. The molecule has 0 saturated carbocycles. The van der Waals surface area contributed by atoms with Gasteiger partial charge < -0.3 is 9.32 Å². The minimum absolute atomic E-state index is 0.0495. The predicted octanol–water partition coefficient (Wildman–Crippen LogP) is 4.05. The highest BCUT2D eigenvalue weighted by Gasteiger charge is 2.22. The Hall–Kier alpha value is -3.73. The lowest BCUT2D eigenvalue weighted by Crippen LogP contribution is -2.36. The molecule has 1 aliphatic heterocycles. The lowest BCUT2D eigenvalue weighted by Gasteiger charge is -2.28. The standard InChI is InChI=1S/C24H18N2O3/c27-23(26-12-10-21-19(15-26)8-4-11-25-21)18-7-3-6-16(13-18)20-14-17-5-1-2-9-22(17)29-24(20)28/h1-9,11,13-14H,10,12,15H2. The highest BCUT2D eigenvalue weighted by Crippen LogP contribution is 2.24. The number of rotatable bonds is 2. The first kappa shape index (κ1) is 17.4. The van der Waals surface area contributed by atoms with Crippen LogP contribution >= 0.6 is 0 Å². The van der Waals surface area contributed by atoms with E-state index < -0.39 is 5.63 Å². The van der Waals surface area contributed by atoms with Gasteiger partial charge in [-0.25, -0.2) is 4.79 Å². The van der Waals surface area contributed by atoms with Crippen molar-refractivity contribution in [3.8, 4) is 11.1 Å². The van der Waals surface area contributed by atoms with E-state index in [1.807, 2.05) is 47.4 Å². The summed E-state index contributed by atoms with van der Waals surface area (Å²) >= 11 is 0. The van der Waals surface area contributed by atoms with Crippen molar-refractivity contribution in [2.75, 3.05) is 6.54 Å². The Morgan fingerprint density at radius 2 is 1.90 bits per heavy atom. The first-order valence-corrected chi connectivity index (χ1v) is 9.54. The molecular formula is C24H18N2O3. The normalized spacial score (nSPS) is 13.3. The van der Waals surface area contributed by atoms with Crippen LogP contribution in [0.3, 0.4) is 0 Å². The molecule has 0 aliphatic carbocycles. The van der Waals surface area contributed by atoms with Gasteiger partial charge in [-0.3, -0.25) is 9.78 Å². The van der Waals surface area contributed by atoms with Crippen LogP contribution in [0.15, 0.2) is 82.1 Å². The Balaban J connectivity index is 1.48. The molecule has 2 aromatic carbocycles. The Kier molecular flexibility index (Phi) is 4.21. The molecule has 0 saturated heterocycles. The van der Waals surface area contributed by atoms with Gasteiger partial charge in [0.1, 0.15) is 5.58 Å². The number of aromatic nitrogens is 1. The number of hydrogen-bond donors (Lipinski definition) is 0. The number of fused-ring (bicyclic) bond motifs is 2. The second-order valence-corrected chi connectivity index (χ2v) is 7.15. The maximum Gasteiger partial charge on any atom is 0.344 e. The molecule has 29 heavy (non-hydrogen) atoms. The van der Waals surface area contributed by atoms with Crippen molar-refractivity contribution < 1.29 is 9.21 Å². The summed E-state index contributed by atoms with van der Waals surface area (Å²) in [4.78, 5) is 31.8. The van der Waals surface area contributed by atoms with Crippen molar-refractivity contribution in [2.24, 2.45) is 0 Å². The number of pyridine rings is 1. The van der Waals surface area contributed by atoms with Gasteiger partial charge in [0.15, 0.2) is 0 Å². The largest absolute Gasteiger partial charge is 0.422 e. The minimum atomic E-state index is -0.411. The van der Waals surface area contributed by atoms with Crippen LogP contribution < -0.4 is 5.63 Å². The van der Waals surface area contributed by atoms with Gasteiger partial charge in [-0.2, -0.15) is 0 Å². The number of carbonyl (C=O) groups is 1. The number of hydrogen-bond acceptors (Lipinski definition) is 4. The van der Waals surface area contributed by atoms with Crippen molar-refractivity contribution in [2.45, 2.75) is 13.0 Å². The third kappa shape index (κ3) is 3.21. The summed E-state index contributed by atoms with van der Waals surface area (Å²) in [6, 6.07) is 20.3. The van der Waals surface area contributed by atoms with E-state index in [-0.39, 0.29) is 5.91 Å². The molecule has 0 radical (unpaired) electrons. The average molecular weight is 382 g/mol. The van der Waals surface area contributed by atoms with E-state index in [2.05, 4.69) is 4.98 Å². The zero-order valence-corrected chi connectivity index (χ0v) is 15.7. The highest BCUT2D eigenvalue weighted by molar-refractivity contribution is 5.96. The summed E-state index contributed by atoms with van der Waals surface area (Å²) < 4.78 is 5.45.